The number of hydrogen-bond donors (Lipinski definition) is 2. The van der Waals surface area contributed by atoms with Crippen molar-refractivity contribution in [3.8, 4) is 11.5 Å². The quantitative estimate of drug-likeness (QED) is 0.800. The topological polar surface area (TPSA) is 83.1 Å². The third-order valence-corrected chi connectivity index (χ3v) is 5.45. The lowest BCUT2D eigenvalue weighted by atomic mass is 10.2. The summed E-state index contributed by atoms with van der Waals surface area (Å²) in [5, 5.41) is 9.46. The molecule has 8 nitrogen and oxygen atoms in total. The summed E-state index contributed by atoms with van der Waals surface area (Å²) < 4.78 is 10.6. The molecule has 148 valence electrons. The SMILES string of the molecule is O=C(NCCN1CCN(C(=O)c2ccsc2)CC1)Nc1ccc2c(c1)OCO2. The molecule has 2 aliphatic heterocycles. The number of ether oxygens (including phenoxy) is 2. The predicted octanol–water partition coefficient (Wildman–Crippen LogP) is 2.06. The molecule has 4 rings (SSSR count). The molecule has 0 aliphatic carbocycles. The summed E-state index contributed by atoms with van der Waals surface area (Å²) in [7, 11) is 0. The molecule has 2 N–H and O–H groups in total. The van der Waals surface area contributed by atoms with E-state index in [-0.39, 0.29) is 18.7 Å². The molecule has 3 amide bonds. The van der Waals surface area contributed by atoms with Gasteiger partial charge in [0.05, 0.1) is 5.56 Å². The van der Waals surface area contributed by atoms with Gasteiger partial charge in [0.15, 0.2) is 11.5 Å². The molecular weight excluding hydrogens is 380 g/mol. The molecule has 1 fully saturated rings. The molecule has 0 saturated carbocycles. The Hall–Kier alpha value is -2.78. The van der Waals surface area contributed by atoms with E-state index >= 15 is 0 Å². The van der Waals surface area contributed by atoms with Gasteiger partial charge in [-0.2, -0.15) is 11.3 Å². The van der Waals surface area contributed by atoms with E-state index in [0.29, 0.717) is 36.8 Å². The fourth-order valence-corrected chi connectivity index (χ4v) is 3.85. The van der Waals surface area contributed by atoms with Crippen molar-refractivity contribution in [2.24, 2.45) is 0 Å². The van der Waals surface area contributed by atoms with Crippen LogP contribution < -0.4 is 20.1 Å². The van der Waals surface area contributed by atoms with Crippen LogP contribution in [0.15, 0.2) is 35.0 Å². The van der Waals surface area contributed by atoms with Gasteiger partial charge in [-0.1, -0.05) is 0 Å². The first-order chi connectivity index (χ1) is 13.7. The number of nitrogens with zero attached hydrogens (tertiary/aromatic N) is 2. The monoisotopic (exact) mass is 402 g/mol. The molecule has 0 bridgehead atoms. The number of urea groups is 1. The van der Waals surface area contributed by atoms with Crippen LogP contribution in [0.4, 0.5) is 10.5 Å². The molecule has 1 aromatic heterocycles. The first kappa shape index (κ1) is 18.6. The lowest BCUT2D eigenvalue weighted by molar-refractivity contribution is 0.0640. The highest BCUT2D eigenvalue weighted by atomic mass is 32.1. The number of carbonyl (C=O) groups is 2. The van der Waals surface area contributed by atoms with Crippen LogP contribution in [0.5, 0.6) is 11.5 Å². The van der Waals surface area contributed by atoms with Crippen LogP contribution in [-0.4, -0.2) is 67.8 Å². The van der Waals surface area contributed by atoms with Crippen LogP contribution in [-0.2, 0) is 0 Å². The number of nitrogens with one attached hydrogen (secondary N) is 2. The standard InChI is InChI=1S/C19H22N4O4S/c24-18(14-3-10-28-12-14)23-8-6-22(7-9-23)5-4-20-19(25)21-15-1-2-16-17(11-15)27-13-26-16/h1-3,10-12H,4-9,13H2,(H2,20,21,25). The van der Waals surface area contributed by atoms with E-state index in [2.05, 4.69) is 15.5 Å². The van der Waals surface area contributed by atoms with Gasteiger partial charge in [0.2, 0.25) is 6.79 Å². The second kappa shape index (κ2) is 8.49. The normalized spacial score (nSPS) is 16.1. The average molecular weight is 402 g/mol. The van der Waals surface area contributed by atoms with Crippen molar-refractivity contribution >= 4 is 29.0 Å². The highest BCUT2D eigenvalue weighted by molar-refractivity contribution is 7.08. The maximum absolute atomic E-state index is 12.3. The minimum Gasteiger partial charge on any atom is -0.454 e. The van der Waals surface area contributed by atoms with Crippen LogP contribution in [0.3, 0.4) is 0 Å². The molecule has 2 aromatic rings. The third-order valence-electron chi connectivity index (χ3n) is 4.77. The number of thiophene rings is 1. The molecule has 1 saturated heterocycles. The lowest BCUT2D eigenvalue weighted by Gasteiger charge is -2.34. The smallest absolute Gasteiger partial charge is 0.319 e. The second-order valence-electron chi connectivity index (χ2n) is 6.59. The van der Waals surface area contributed by atoms with E-state index in [1.54, 1.807) is 18.2 Å². The van der Waals surface area contributed by atoms with Crippen LogP contribution in [0, 0.1) is 0 Å². The first-order valence-corrected chi connectivity index (χ1v) is 10.1. The summed E-state index contributed by atoms with van der Waals surface area (Å²) in [6.45, 7) is 4.51. The van der Waals surface area contributed by atoms with E-state index in [4.69, 9.17) is 9.47 Å². The fraction of sp³-hybridized carbons (Fsp3) is 0.368. The summed E-state index contributed by atoms with van der Waals surface area (Å²) in [6, 6.07) is 6.89. The maximum atomic E-state index is 12.3. The Morgan fingerprint density at radius 3 is 2.68 bits per heavy atom. The van der Waals surface area contributed by atoms with Gasteiger partial charge in [-0.3, -0.25) is 9.69 Å². The number of rotatable bonds is 5. The van der Waals surface area contributed by atoms with Gasteiger partial charge in [0.25, 0.3) is 5.91 Å². The largest absolute Gasteiger partial charge is 0.454 e. The van der Waals surface area contributed by atoms with Crippen molar-refractivity contribution in [1.29, 1.82) is 0 Å². The molecule has 0 radical (unpaired) electrons. The Balaban J connectivity index is 1.16. The highest BCUT2D eigenvalue weighted by Gasteiger charge is 2.22. The van der Waals surface area contributed by atoms with E-state index in [1.807, 2.05) is 21.7 Å². The van der Waals surface area contributed by atoms with Crippen LogP contribution in [0.1, 0.15) is 10.4 Å². The molecule has 0 unspecified atom stereocenters. The predicted molar refractivity (Wildman–Crippen MR) is 106 cm³/mol. The van der Waals surface area contributed by atoms with Gasteiger partial charge in [0, 0.05) is 56.4 Å². The van der Waals surface area contributed by atoms with Crippen molar-refractivity contribution in [1.82, 2.24) is 15.1 Å². The number of amides is 3. The Labute approximate surface area is 167 Å². The van der Waals surface area contributed by atoms with Crippen molar-refractivity contribution in [3.05, 3.63) is 40.6 Å². The van der Waals surface area contributed by atoms with Crippen LogP contribution in [0.25, 0.3) is 0 Å². The minimum atomic E-state index is -0.259. The van der Waals surface area contributed by atoms with Crippen LogP contribution >= 0.6 is 11.3 Å². The Morgan fingerprint density at radius 1 is 1.07 bits per heavy atom. The van der Waals surface area contributed by atoms with Gasteiger partial charge in [0.1, 0.15) is 0 Å². The van der Waals surface area contributed by atoms with Crippen molar-refractivity contribution in [3.63, 3.8) is 0 Å². The van der Waals surface area contributed by atoms with Crippen LogP contribution in [0.2, 0.25) is 0 Å². The summed E-state index contributed by atoms with van der Waals surface area (Å²) in [5.74, 6) is 1.41. The highest BCUT2D eigenvalue weighted by Crippen LogP contribution is 2.34. The van der Waals surface area contributed by atoms with Crippen molar-refractivity contribution < 1.29 is 19.1 Å². The molecule has 2 aliphatic rings. The number of hydrogen-bond acceptors (Lipinski definition) is 6. The lowest BCUT2D eigenvalue weighted by Crippen LogP contribution is -2.50. The zero-order chi connectivity index (χ0) is 19.3. The summed E-state index contributed by atoms with van der Waals surface area (Å²) >= 11 is 1.54. The molecular formula is C19H22N4O4S. The minimum absolute atomic E-state index is 0.0992. The third kappa shape index (κ3) is 4.37. The van der Waals surface area contributed by atoms with E-state index in [9.17, 15) is 9.59 Å². The molecule has 3 heterocycles. The zero-order valence-corrected chi connectivity index (χ0v) is 16.2. The van der Waals surface area contributed by atoms with Gasteiger partial charge in [-0.05, 0) is 23.6 Å². The molecule has 28 heavy (non-hydrogen) atoms. The number of piperazine rings is 1. The number of benzene rings is 1. The Bertz CT molecular complexity index is 834. The molecule has 1 aromatic carbocycles. The van der Waals surface area contributed by atoms with Gasteiger partial charge in [-0.25, -0.2) is 4.79 Å². The zero-order valence-electron chi connectivity index (χ0n) is 15.3. The number of anilines is 1. The first-order valence-electron chi connectivity index (χ1n) is 9.17. The summed E-state index contributed by atoms with van der Waals surface area (Å²) in [6.07, 6.45) is 0. The fourth-order valence-electron chi connectivity index (χ4n) is 3.22. The van der Waals surface area contributed by atoms with E-state index in [0.717, 1.165) is 25.2 Å². The van der Waals surface area contributed by atoms with Crippen molar-refractivity contribution in [2.45, 2.75) is 0 Å². The van der Waals surface area contributed by atoms with E-state index in [1.165, 1.54) is 11.3 Å². The molecule has 9 heteroatoms. The van der Waals surface area contributed by atoms with Crippen molar-refractivity contribution in [2.75, 3.05) is 51.4 Å². The Kier molecular flexibility index (Phi) is 5.63. The Morgan fingerprint density at radius 2 is 1.89 bits per heavy atom. The maximum Gasteiger partial charge on any atom is 0.319 e. The molecule has 0 atom stereocenters. The number of carbonyl (C=O) groups excluding carboxylic acids is 2. The van der Waals surface area contributed by atoms with Gasteiger partial charge in [-0.15, -0.1) is 0 Å². The van der Waals surface area contributed by atoms with Gasteiger partial charge < -0.3 is 25.0 Å². The second-order valence-corrected chi connectivity index (χ2v) is 7.37. The van der Waals surface area contributed by atoms with E-state index < -0.39 is 0 Å². The van der Waals surface area contributed by atoms with Gasteiger partial charge >= 0.3 is 6.03 Å². The summed E-state index contributed by atoms with van der Waals surface area (Å²) in [4.78, 5) is 28.5. The number of fused-ring (bicyclic) bond motifs is 1. The average Bonchev–Trinajstić information content (AvgIpc) is 3.39. The molecule has 0 spiro atoms. The summed E-state index contributed by atoms with van der Waals surface area (Å²) in [5.41, 5.74) is 1.42.